The monoisotopic (exact) mass is 598 g/mol. The van der Waals surface area contributed by atoms with Crippen LogP contribution in [0, 0.1) is 0 Å². The van der Waals surface area contributed by atoms with Crippen molar-refractivity contribution in [3.8, 4) is 22.5 Å². The minimum Gasteiger partial charge on any atom is -0.455 e. The Morgan fingerprint density at radius 3 is 1.70 bits per heavy atom. The maximum atomic E-state index is 6.49. The van der Waals surface area contributed by atoms with E-state index in [0.717, 1.165) is 38.9 Å². The molecule has 11 aromatic rings. The summed E-state index contributed by atoms with van der Waals surface area (Å²) in [6.07, 6.45) is 0. The van der Waals surface area contributed by atoms with Crippen LogP contribution in [0.5, 0.6) is 0 Å². The summed E-state index contributed by atoms with van der Waals surface area (Å²) < 4.78 is 11.3. The van der Waals surface area contributed by atoms with Gasteiger partial charge in [-0.1, -0.05) is 103 Å². The second-order valence-electron chi connectivity index (χ2n) is 12.5. The van der Waals surface area contributed by atoms with Crippen LogP contribution in [0.2, 0.25) is 0 Å². The normalized spacial score (nSPS) is 12.3. The van der Waals surface area contributed by atoms with Gasteiger partial charge in [0.2, 0.25) is 0 Å². The van der Waals surface area contributed by atoms with E-state index in [-0.39, 0.29) is 0 Å². The van der Waals surface area contributed by atoms with Gasteiger partial charge < -0.3 is 13.6 Å². The number of furan rings is 1. The predicted octanol–water partition coefficient (Wildman–Crippen LogP) is 12.0. The Morgan fingerprint density at radius 1 is 0.340 bits per heavy atom. The van der Waals surface area contributed by atoms with Gasteiger partial charge in [0.15, 0.2) is 0 Å². The number of fused-ring (bicyclic) bond motifs is 6. The molecule has 11 rings (SSSR count). The Bertz CT molecular complexity index is 2950. The minimum absolute atomic E-state index is 0.920. The first kappa shape index (κ1) is 24.9. The van der Waals surface area contributed by atoms with E-state index in [0.29, 0.717) is 0 Å². The second-order valence-corrected chi connectivity index (χ2v) is 12.5. The molecule has 0 aliphatic carbocycles. The van der Waals surface area contributed by atoms with Crippen LogP contribution >= 0.6 is 0 Å². The lowest BCUT2D eigenvalue weighted by Crippen LogP contribution is -1.97. The van der Waals surface area contributed by atoms with E-state index in [1.807, 2.05) is 6.07 Å². The van der Waals surface area contributed by atoms with Crippen molar-refractivity contribution in [2.24, 2.45) is 0 Å². The van der Waals surface area contributed by atoms with E-state index in [2.05, 4.69) is 161 Å². The van der Waals surface area contributed by atoms with Gasteiger partial charge in [0.25, 0.3) is 0 Å². The highest BCUT2D eigenvalue weighted by Gasteiger charge is 2.21. The number of aromatic nitrogens is 2. The van der Waals surface area contributed by atoms with E-state index in [1.165, 1.54) is 59.9 Å². The summed E-state index contributed by atoms with van der Waals surface area (Å²) in [7, 11) is 0. The Hall–Kier alpha value is -6.32. The zero-order valence-electron chi connectivity index (χ0n) is 25.3. The van der Waals surface area contributed by atoms with Crippen molar-refractivity contribution in [1.82, 2.24) is 9.13 Å². The summed E-state index contributed by atoms with van der Waals surface area (Å²) in [6.45, 7) is 0. The third kappa shape index (κ3) is 3.30. The van der Waals surface area contributed by atoms with Gasteiger partial charge in [0.05, 0.1) is 22.1 Å². The van der Waals surface area contributed by atoms with Crippen LogP contribution in [0.25, 0.3) is 98.8 Å². The minimum atomic E-state index is 0.920. The smallest absolute Gasteiger partial charge is 0.143 e. The van der Waals surface area contributed by atoms with Crippen LogP contribution in [0.3, 0.4) is 0 Å². The van der Waals surface area contributed by atoms with Crippen molar-refractivity contribution in [3.63, 3.8) is 0 Å². The number of hydrogen-bond acceptors (Lipinski definition) is 1. The fourth-order valence-electron chi connectivity index (χ4n) is 8.11. The van der Waals surface area contributed by atoms with Crippen molar-refractivity contribution in [1.29, 1.82) is 0 Å². The number of hydrogen-bond donors (Lipinski definition) is 0. The van der Waals surface area contributed by atoms with Crippen molar-refractivity contribution < 1.29 is 4.42 Å². The molecule has 47 heavy (non-hydrogen) atoms. The lowest BCUT2D eigenvalue weighted by molar-refractivity contribution is 0.670. The number of rotatable bonds is 3. The van der Waals surface area contributed by atoms with Crippen molar-refractivity contribution in [2.45, 2.75) is 0 Å². The maximum Gasteiger partial charge on any atom is 0.143 e. The highest BCUT2D eigenvalue weighted by atomic mass is 16.3. The molecule has 0 bridgehead atoms. The van der Waals surface area contributed by atoms with Crippen LogP contribution in [0.4, 0.5) is 0 Å². The van der Waals surface area contributed by atoms with Gasteiger partial charge in [-0.05, 0) is 70.9 Å². The molecule has 0 aliphatic rings. The van der Waals surface area contributed by atoms with Crippen LogP contribution in [0.1, 0.15) is 0 Å². The zero-order valence-corrected chi connectivity index (χ0v) is 25.3. The summed E-state index contributed by atoms with van der Waals surface area (Å²) in [5.74, 6) is 0. The van der Waals surface area contributed by atoms with E-state index in [4.69, 9.17) is 4.42 Å². The number of nitrogens with zero attached hydrogens (tertiary/aromatic N) is 2. The second kappa shape index (κ2) is 9.12. The van der Waals surface area contributed by atoms with Gasteiger partial charge in [-0.15, -0.1) is 0 Å². The fourth-order valence-corrected chi connectivity index (χ4v) is 8.11. The van der Waals surface area contributed by atoms with E-state index < -0.39 is 0 Å². The molecule has 3 aromatic heterocycles. The lowest BCUT2D eigenvalue weighted by atomic mass is 9.94. The summed E-state index contributed by atoms with van der Waals surface area (Å²) in [5.41, 5.74) is 11.3. The summed E-state index contributed by atoms with van der Waals surface area (Å²) in [5, 5.41) is 9.92. The molecule has 0 fully saturated rings. The molecule has 8 aromatic carbocycles. The van der Waals surface area contributed by atoms with Gasteiger partial charge in [-0.25, -0.2) is 0 Å². The first-order valence-electron chi connectivity index (χ1n) is 16.1. The first-order chi connectivity index (χ1) is 23.3. The molecule has 3 heteroatoms. The average Bonchev–Trinajstić information content (AvgIpc) is 3.79. The van der Waals surface area contributed by atoms with E-state index in [1.54, 1.807) is 0 Å². The van der Waals surface area contributed by atoms with E-state index >= 15 is 0 Å². The maximum absolute atomic E-state index is 6.49. The molecule has 0 N–H and O–H groups in total. The predicted molar refractivity (Wildman–Crippen MR) is 197 cm³/mol. The summed E-state index contributed by atoms with van der Waals surface area (Å²) in [6, 6.07) is 57.0. The molecular formula is C44H26N2O. The Kier molecular flexibility index (Phi) is 4.84. The Morgan fingerprint density at radius 2 is 0.936 bits per heavy atom. The quantitative estimate of drug-likeness (QED) is 0.186. The largest absolute Gasteiger partial charge is 0.455 e. The molecular weight excluding hydrogens is 572 g/mol. The van der Waals surface area contributed by atoms with Gasteiger partial charge in [0.1, 0.15) is 11.2 Å². The van der Waals surface area contributed by atoms with Crippen molar-refractivity contribution in [2.75, 3.05) is 0 Å². The molecule has 0 unspecified atom stereocenters. The molecule has 0 atom stereocenters. The summed E-state index contributed by atoms with van der Waals surface area (Å²) in [4.78, 5) is 0. The molecule has 0 saturated heterocycles. The third-order valence-corrected chi connectivity index (χ3v) is 10.1. The highest BCUT2D eigenvalue weighted by molar-refractivity contribution is 6.27. The van der Waals surface area contributed by atoms with E-state index in [9.17, 15) is 0 Å². The molecule has 0 saturated carbocycles. The Balaban J connectivity index is 1.14. The first-order valence-corrected chi connectivity index (χ1v) is 16.1. The van der Waals surface area contributed by atoms with Gasteiger partial charge >= 0.3 is 0 Å². The van der Waals surface area contributed by atoms with Gasteiger partial charge in [-0.2, -0.15) is 0 Å². The molecule has 0 aliphatic heterocycles. The van der Waals surface area contributed by atoms with Gasteiger partial charge in [0, 0.05) is 49.3 Å². The third-order valence-electron chi connectivity index (χ3n) is 10.1. The molecule has 0 amide bonds. The number of benzene rings is 8. The highest BCUT2D eigenvalue weighted by Crippen LogP contribution is 2.45. The van der Waals surface area contributed by atoms with Crippen LogP contribution in [-0.2, 0) is 0 Å². The average molecular weight is 599 g/mol. The fraction of sp³-hybridized carbons (Fsp3) is 0. The van der Waals surface area contributed by atoms with Crippen LogP contribution < -0.4 is 0 Å². The SMILES string of the molecule is c1ccc2c(c1)oc1c(-c3ccc4c5c3ccc3cccc(c35)n4-c3ccc(-n4c5ccccc5c5ccccc54)cc3)cccc12. The molecule has 0 spiro atoms. The number of para-hydroxylation sites is 4. The topological polar surface area (TPSA) is 23.0 Å². The van der Waals surface area contributed by atoms with Gasteiger partial charge in [-0.3, -0.25) is 0 Å². The standard InChI is InChI=1S/C44H26N2O/c1-4-15-37-31(10-1)32-11-2-5-16-38(32)45(37)28-20-22-29(23-21-28)46-39-17-7-9-27-19-24-34-30(25-26-40(46)43(34)42(27)39)35-13-8-14-36-33-12-3-6-18-41(33)47-44(35)36/h1-26H. The van der Waals surface area contributed by atoms with Crippen molar-refractivity contribution >= 4 is 76.3 Å². The van der Waals surface area contributed by atoms with Crippen molar-refractivity contribution in [3.05, 3.63) is 158 Å². The molecule has 218 valence electrons. The molecule has 0 radical (unpaired) electrons. The molecule has 3 nitrogen and oxygen atoms in total. The zero-order chi connectivity index (χ0) is 30.6. The Labute approximate surface area is 269 Å². The van der Waals surface area contributed by atoms with Crippen LogP contribution in [0.15, 0.2) is 162 Å². The van der Waals surface area contributed by atoms with Crippen LogP contribution in [-0.4, -0.2) is 9.13 Å². The summed E-state index contributed by atoms with van der Waals surface area (Å²) >= 11 is 0. The molecule has 3 heterocycles. The lowest BCUT2D eigenvalue weighted by Gasteiger charge is -2.12.